The topological polar surface area (TPSA) is 89.7 Å². The van der Waals surface area contributed by atoms with Crippen molar-refractivity contribution in [3.05, 3.63) is 89.0 Å². The van der Waals surface area contributed by atoms with Crippen LogP contribution in [0.1, 0.15) is 35.9 Å². The Balaban J connectivity index is 1.48. The first-order valence-corrected chi connectivity index (χ1v) is 16.1. The van der Waals surface area contributed by atoms with E-state index in [0.717, 1.165) is 17.8 Å². The highest BCUT2D eigenvalue weighted by Crippen LogP contribution is 2.48. The number of carbonyl (C=O) groups is 1. The van der Waals surface area contributed by atoms with E-state index in [9.17, 15) is 18.7 Å². The molecule has 7 rings (SSSR count). The smallest absolute Gasteiger partial charge is 0.246 e. The normalized spacial score (nSPS) is 18.8. The van der Waals surface area contributed by atoms with Gasteiger partial charge in [-0.2, -0.15) is 5.10 Å². The van der Waals surface area contributed by atoms with Gasteiger partial charge >= 0.3 is 0 Å². The number of alkyl halides is 1. The Labute approximate surface area is 272 Å². The summed E-state index contributed by atoms with van der Waals surface area (Å²) in [6.45, 7) is 6.64. The zero-order chi connectivity index (χ0) is 33.0. The molecule has 0 saturated carbocycles. The molecule has 3 aromatic heterocycles. The van der Waals surface area contributed by atoms with Gasteiger partial charge in [0.2, 0.25) is 5.91 Å². The molecule has 8 nitrogen and oxygen atoms in total. The molecule has 1 aliphatic heterocycles. The van der Waals surface area contributed by atoms with Crippen LogP contribution in [-0.4, -0.2) is 63.7 Å². The van der Waals surface area contributed by atoms with E-state index in [1.54, 1.807) is 17.0 Å². The fraction of sp³-hybridized carbons (Fsp3) is 0.286. The highest BCUT2D eigenvalue weighted by Gasteiger charge is 2.33. The number of thiophene rings is 1. The molecule has 0 saturated heterocycles. The van der Waals surface area contributed by atoms with Crippen LogP contribution in [0.3, 0.4) is 0 Å². The Morgan fingerprint density at radius 1 is 1.13 bits per heavy atom. The monoisotopic (exact) mass is 660 g/mol. The molecule has 0 fully saturated rings. The molecule has 2 aromatic carbocycles. The lowest BCUT2D eigenvalue weighted by molar-refractivity contribution is -0.129. The third-order valence-electron chi connectivity index (χ3n) is 8.87. The lowest BCUT2D eigenvalue weighted by atomic mass is 9.95. The summed E-state index contributed by atoms with van der Waals surface area (Å²) >= 11 is 1.37. The number of benzene rings is 2. The maximum absolute atomic E-state index is 16.0. The van der Waals surface area contributed by atoms with Crippen LogP contribution in [0, 0.1) is 11.6 Å². The van der Waals surface area contributed by atoms with Gasteiger partial charge in [-0.1, -0.05) is 18.7 Å². The third kappa shape index (κ3) is 5.30. The maximum Gasteiger partial charge on any atom is 0.246 e. The second kappa shape index (κ2) is 12.3. The summed E-state index contributed by atoms with van der Waals surface area (Å²) in [6, 6.07) is 10.7. The van der Waals surface area contributed by atoms with Crippen molar-refractivity contribution in [1.29, 1.82) is 0 Å². The standard InChI is InChI=1S/C35H31F3N4O4S/c1-4-29(43)41-8-9-42-27(18(41)2)17-26(40-42)33-31(30-24(37)15-21(36)16-28(30)46-11-10-45-3)35-23(7-12-47-35)32(39-33)19-5-6-22-20(13-19)14-25(38)34(22)44/h4-7,12-13,15-18,25,34,44H,1,8-11,14H2,2-3H3. The summed E-state index contributed by atoms with van der Waals surface area (Å²) in [5.74, 6) is -1.83. The zero-order valence-corrected chi connectivity index (χ0v) is 26.5. The molecule has 3 unspecified atom stereocenters. The molecule has 0 radical (unpaired) electrons. The van der Waals surface area contributed by atoms with Crippen LogP contribution >= 0.6 is 11.3 Å². The second-order valence-electron chi connectivity index (χ2n) is 11.6. The van der Waals surface area contributed by atoms with Gasteiger partial charge in [0, 0.05) is 53.4 Å². The third-order valence-corrected chi connectivity index (χ3v) is 9.81. The van der Waals surface area contributed by atoms with Crippen LogP contribution in [-0.2, 0) is 22.5 Å². The number of pyridine rings is 1. The molecule has 4 heterocycles. The van der Waals surface area contributed by atoms with Crippen LogP contribution in [0.15, 0.2) is 60.5 Å². The van der Waals surface area contributed by atoms with E-state index >= 15 is 4.39 Å². The molecule has 12 heteroatoms. The summed E-state index contributed by atoms with van der Waals surface area (Å²) in [6.07, 6.45) is -1.22. The van der Waals surface area contributed by atoms with Gasteiger partial charge in [0.05, 0.1) is 36.1 Å². The minimum absolute atomic E-state index is 0.00866. The average Bonchev–Trinajstić information content (AvgIpc) is 3.78. The minimum atomic E-state index is -1.39. The number of carbonyl (C=O) groups excluding carboxylic acids is 1. The molecule has 1 aliphatic carbocycles. The van der Waals surface area contributed by atoms with E-state index in [2.05, 4.69) is 6.58 Å². The van der Waals surface area contributed by atoms with Gasteiger partial charge in [-0.05, 0) is 47.7 Å². The number of nitrogens with zero attached hydrogens (tertiary/aromatic N) is 4. The number of aliphatic hydroxyl groups is 1. The van der Waals surface area contributed by atoms with Crippen molar-refractivity contribution < 1.29 is 32.5 Å². The van der Waals surface area contributed by atoms with E-state index in [-0.39, 0.29) is 42.9 Å². The van der Waals surface area contributed by atoms with E-state index in [0.29, 0.717) is 62.5 Å². The molecule has 5 aromatic rings. The van der Waals surface area contributed by atoms with Crippen molar-refractivity contribution in [2.24, 2.45) is 0 Å². The molecule has 2 aliphatic rings. The summed E-state index contributed by atoms with van der Waals surface area (Å²) in [5.41, 5.74) is 4.42. The number of aromatic nitrogens is 3. The van der Waals surface area contributed by atoms with E-state index in [1.165, 1.54) is 24.5 Å². The van der Waals surface area contributed by atoms with Crippen LogP contribution in [0.4, 0.5) is 13.2 Å². The molecule has 1 amide bonds. The van der Waals surface area contributed by atoms with Crippen molar-refractivity contribution in [1.82, 2.24) is 19.7 Å². The lowest BCUT2D eigenvalue weighted by Crippen LogP contribution is -2.40. The van der Waals surface area contributed by atoms with Crippen LogP contribution in [0.5, 0.6) is 5.75 Å². The van der Waals surface area contributed by atoms with Crippen LogP contribution in [0.25, 0.3) is 43.9 Å². The molecule has 47 heavy (non-hydrogen) atoms. The zero-order valence-electron chi connectivity index (χ0n) is 25.7. The van der Waals surface area contributed by atoms with Crippen LogP contribution < -0.4 is 4.74 Å². The Morgan fingerprint density at radius 2 is 1.96 bits per heavy atom. The molecule has 242 valence electrons. The number of aliphatic hydroxyl groups excluding tert-OH is 1. The molecular weight excluding hydrogens is 629 g/mol. The maximum atomic E-state index is 16.0. The highest BCUT2D eigenvalue weighted by molar-refractivity contribution is 7.18. The Bertz CT molecular complexity index is 2040. The highest BCUT2D eigenvalue weighted by atomic mass is 32.1. The summed E-state index contributed by atoms with van der Waals surface area (Å²) in [4.78, 5) is 19.4. The number of ether oxygens (including phenoxy) is 2. The number of rotatable bonds is 8. The van der Waals surface area contributed by atoms with Gasteiger partial charge in [0.1, 0.15) is 47.7 Å². The van der Waals surface area contributed by atoms with Gasteiger partial charge in [-0.3, -0.25) is 9.48 Å². The number of amides is 1. The fourth-order valence-electron chi connectivity index (χ4n) is 6.57. The Hall–Kier alpha value is -4.52. The minimum Gasteiger partial charge on any atom is -0.490 e. The van der Waals surface area contributed by atoms with E-state index < -0.39 is 23.9 Å². The quantitative estimate of drug-likeness (QED) is 0.145. The first-order valence-electron chi connectivity index (χ1n) is 15.2. The Kier molecular flexibility index (Phi) is 8.11. The average molecular weight is 661 g/mol. The molecule has 0 spiro atoms. The predicted molar refractivity (Wildman–Crippen MR) is 173 cm³/mol. The van der Waals surface area contributed by atoms with E-state index in [1.807, 2.05) is 35.2 Å². The molecule has 3 atom stereocenters. The van der Waals surface area contributed by atoms with Gasteiger partial charge in [-0.25, -0.2) is 18.2 Å². The van der Waals surface area contributed by atoms with Crippen molar-refractivity contribution in [3.8, 4) is 39.5 Å². The summed E-state index contributed by atoms with van der Waals surface area (Å²) < 4.78 is 58.6. The molecular formula is C35H31F3N4O4S. The Morgan fingerprint density at radius 3 is 2.74 bits per heavy atom. The van der Waals surface area contributed by atoms with Crippen molar-refractivity contribution in [2.75, 3.05) is 26.9 Å². The van der Waals surface area contributed by atoms with Crippen molar-refractivity contribution in [2.45, 2.75) is 38.2 Å². The SMILES string of the molecule is C=CC(=O)N1CCn2nc(-c3nc(-c4ccc5c(c4)CC(F)C5O)c4ccsc4c3-c3c(F)cc(F)cc3OCCOC)cc2C1C. The number of hydrogen-bond acceptors (Lipinski definition) is 7. The van der Waals surface area contributed by atoms with Gasteiger partial charge in [0.25, 0.3) is 0 Å². The van der Waals surface area contributed by atoms with Gasteiger partial charge in [-0.15, -0.1) is 11.3 Å². The lowest BCUT2D eigenvalue weighted by Gasteiger charge is -2.33. The fourth-order valence-corrected chi connectivity index (χ4v) is 7.52. The number of fused-ring (bicyclic) bond motifs is 3. The van der Waals surface area contributed by atoms with Crippen molar-refractivity contribution >= 4 is 27.3 Å². The van der Waals surface area contributed by atoms with Gasteiger partial charge < -0.3 is 19.5 Å². The van der Waals surface area contributed by atoms with E-state index in [4.69, 9.17) is 19.6 Å². The second-order valence-corrected chi connectivity index (χ2v) is 12.5. The largest absolute Gasteiger partial charge is 0.490 e. The van der Waals surface area contributed by atoms with Gasteiger partial charge in [0.15, 0.2) is 0 Å². The van der Waals surface area contributed by atoms with Crippen LogP contribution in [0.2, 0.25) is 0 Å². The summed E-state index contributed by atoms with van der Waals surface area (Å²) in [5, 5.41) is 17.8. The first-order chi connectivity index (χ1) is 22.7. The molecule has 1 N–H and O–H groups in total. The number of halogens is 3. The predicted octanol–water partition coefficient (Wildman–Crippen LogP) is 6.81. The van der Waals surface area contributed by atoms with Crippen molar-refractivity contribution in [3.63, 3.8) is 0 Å². The molecule has 0 bridgehead atoms. The number of methoxy groups -OCH3 is 1. The first kappa shape index (κ1) is 31.1. The number of hydrogen-bond donors (Lipinski definition) is 1. The summed E-state index contributed by atoms with van der Waals surface area (Å²) in [7, 11) is 1.50.